The van der Waals surface area contributed by atoms with E-state index in [1.165, 1.54) is 71.2 Å². The van der Waals surface area contributed by atoms with Crippen molar-refractivity contribution in [3.8, 4) is 16.9 Å². The quantitative estimate of drug-likeness (QED) is 0.305. The van der Waals surface area contributed by atoms with Crippen LogP contribution < -0.4 is 4.74 Å². The molecule has 4 fully saturated rings. The van der Waals surface area contributed by atoms with Crippen LogP contribution in [-0.2, 0) is 5.41 Å². The summed E-state index contributed by atoms with van der Waals surface area (Å²) < 4.78 is 5.89. The Labute approximate surface area is 190 Å². The lowest BCUT2D eigenvalue weighted by atomic mass is 9.48. The molecule has 0 unspecified atom stereocenters. The van der Waals surface area contributed by atoms with Gasteiger partial charge in [0.15, 0.2) is 0 Å². The molecule has 4 aliphatic rings. The molecule has 160 valence electrons. The molecule has 4 aliphatic carbocycles. The van der Waals surface area contributed by atoms with Crippen LogP contribution in [0.3, 0.4) is 0 Å². The fourth-order valence-electron chi connectivity index (χ4n) is 8.07. The highest BCUT2D eigenvalue weighted by Crippen LogP contribution is 2.60. The van der Waals surface area contributed by atoms with E-state index in [2.05, 4.69) is 72.8 Å². The van der Waals surface area contributed by atoms with Crippen LogP contribution >= 0.6 is 0 Å². The summed E-state index contributed by atoms with van der Waals surface area (Å²) in [6, 6.07) is 27.1. The first-order valence-electron chi connectivity index (χ1n) is 12.3. The van der Waals surface area contributed by atoms with Crippen molar-refractivity contribution in [3.05, 3.63) is 78.4 Å². The van der Waals surface area contributed by atoms with Gasteiger partial charge in [-0.15, -0.1) is 0 Å². The van der Waals surface area contributed by atoms with Crippen LogP contribution in [0.15, 0.2) is 72.8 Å². The Hall–Kier alpha value is -2.80. The highest BCUT2D eigenvalue weighted by molar-refractivity contribution is 6.16. The van der Waals surface area contributed by atoms with Gasteiger partial charge in [0.25, 0.3) is 0 Å². The summed E-state index contributed by atoms with van der Waals surface area (Å²) in [6.07, 6.45) is 8.77. The van der Waals surface area contributed by atoms with E-state index in [4.69, 9.17) is 4.74 Å². The van der Waals surface area contributed by atoms with Crippen LogP contribution in [0.5, 0.6) is 5.75 Å². The monoisotopic (exact) mass is 418 g/mol. The molecule has 4 aromatic rings. The second kappa shape index (κ2) is 6.85. The smallest absolute Gasteiger partial charge is 0.134 e. The zero-order valence-electron chi connectivity index (χ0n) is 18.8. The van der Waals surface area contributed by atoms with Gasteiger partial charge in [0.2, 0.25) is 0 Å². The van der Waals surface area contributed by atoms with Crippen molar-refractivity contribution < 1.29 is 4.74 Å². The normalized spacial score (nSPS) is 28.5. The third-order valence-electron chi connectivity index (χ3n) is 8.91. The number of ether oxygens (including phenoxy) is 1. The molecule has 0 heterocycles. The van der Waals surface area contributed by atoms with Gasteiger partial charge >= 0.3 is 0 Å². The van der Waals surface area contributed by atoms with Crippen molar-refractivity contribution in [2.24, 2.45) is 17.8 Å². The van der Waals surface area contributed by atoms with E-state index in [-0.39, 0.29) is 0 Å². The van der Waals surface area contributed by atoms with Crippen LogP contribution in [-0.4, -0.2) is 7.11 Å². The van der Waals surface area contributed by atoms with Crippen LogP contribution in [0.2, 0.25) is 0 Å². The Kier molecular flexibility index (Phi) is 4.01. The molecule has 0 atom stereocenters. The number of hydrogen-bond acceptors (Lipinski definition) is 1. The van der Waals surface area contributed by atoms with Gasteiger partial charge in [-0.1, -0.05) is 72.8 Å². The van der Waals surface area contributed by atoms with Crippen molar-refractivity contribution in [1.82, 2.24) is 0 Å². The van der Waals surface area contributed by atoms with Crippen molar-refractivity contribution in [2.45, 2.75) is 43.9 Å². The maximum atomic E-state index is 5.89. The number of fused-ring (bicyclic) bond motifs is 2. The highest BCUT2D eigenvalue weighted by Gasteiger charge is 2.51. The molecule has 4 aromatic carbocycles. The molecule has 0 amide bonds. The summed E-state index contributed by atoms with van der Waals surface area (Å²) in [5.41, 5.74) is 4.70. The minimum atomic E-state index is 0.456. The molecule has 0 radical (unpaired) electrons. The van der Waals surface area contributed by atoms with Gasteiger partial charge in [0.05, 0.1) is 7.11 Å². The Balaban J connectivity index is 1.39. The topological polar surface area (TPSA) is 9.23 Å². The second-order valence-corrected chi connectivity index (χ2v) is 10.8. The van der Waals surface area contributed by atoms with Crippen molar-refractivity contribution >= 4 is 21.5 Å². The molecule has 0 N–H and O–H groups in total. The average Bonchev–Trinajstić information content (AvgIpc) is 2.82. The molecule has 1 heteroatoms. The predicted molar refractivity (Wildman–Crippen MR) is 133 cm³/mol. The summed E-state index contributed by atoms with van der Waals surface area (Å²) in [6.45, 7) is 0. The number of methoxy groups -OCH3 is 1. The minimum Gasteiger partial charge on any atom is -0.495 e. The molecular formula is C31H30O. The van der Waals surface area contributed by atoms with Gasteiger partial charge < -0.3 is 4.74 Å². The van der Waals surface area contributed by atoms with Crippen LogP contribution in [0.4, 0.5) is 0 Å². The van der Waals surface area contributed by atoms with Crippen molar-refractivity contribution in [1.29, 1.82) is 0 Å². The van der Waals surface area contributed by atoms with Crippen LogP contribution in [0, 0.1) is 17.8 Å². The standard InChI is InChI=1S/C31H30O/c1-32-30-27-8-4-2-6-25(27)29(26-7-3-5-9-28(26)30)23-10-12-24(13-11-23)31-17-20-14-21(18-31)16-22(15-20)19-31/h2-13,20-22H,14-19H2,1H3. The molecule has 4 bridgehead atoms. The fraction of sp³-hybridized carbons (Fsp3) is 0.355. The molecule has 0 aliphatic heterocycles. The summed E-state index contributed by atoms with van der Waals surface area (Å²) in [5, 5.41) is 4.92. The molecule has 8 rings (SSSR count). The first-order valence-corrected chi connectivity index (χ1v) is 12.3. The van der Waals surface area contributed by atoms with Gasteiger partial charge in [-0.25, -0.2) is 0 Å². The van der Waals surface area contributed by atoms with Gasteiger partial charge in [-0.2, -0.15) is 0 Å². The van der Waals surface area contributed by atoms with Crippen LogP contribution in [0.1, 0.15) is 44.1 Å². The second-order valence-electron chi connectivity index (χ2n) is 10.8. The SMILES string of the molecule is COc1c2ccccc2c(-c2ccc(C34CC5CC(CC(C5)C3)C4)cc2)c2ccccc12. The Bertz CT molecular complexity index is 1240. The molecule has 32 heavy (non-hydrogen) atoms. The Morgan fingerprint density at radius 3 is 1.56 bits per heavy atom. The van der Waals surface area contributed by atoms with Gasteiger partial charge in [-0.05, 0) is 89.2 Å². The minimum absolute atomic E-state index is 0.456. The number of hydrogen-bond donors (Lipinski definition) is 0. The molecule has 0 spiro atoms. The van der Waals surface area contributed by atoms with Crippen molar-refractivity contribution in [2.75, 3.05) is 7.11 Å². The molecule has 0 saturated heterocycles. The summed E-state index contributed by atoms with van der Waals surface area (Å²) >= 11 is 0. The number of benzene rings is 4. The van der Waals surface area contributed by atoms with E-state index in [1.54, 1.807) is 12.7 Å². The first kappa shape index (κ1) is 18.7. The lowest BCUT2D eigenvalue weighted by Crippen LogP contribution is -2.48. The van der Waals surface area contributed by atoms with E-state index in [1.807, 2.05) is 0 Å². The zero-order chi connectivity index (χ0) is 21.3. The van der Waals surface area contributed by atoms with Crippen LogP contribution in [0.25, 0.3) is 32.7 Å². The largest absolute Gasteiger partial charge is 0.495 e. The lowest BCUT2D eigenvalue weighted by molar-refractivity contribution is -0.00518. The lowest BCUT2D eigenvalue weighted by Gasteiger charge is -2.57. The third kappa shape index (κ3) is 2.63. The van der Waals surface area contributed by atoms with Gasteiger partial charge in [0, 0.05) is 10.8 Å². The average molecular weight is 419 g/mol. The van der Waals surface area contributed by atoms with E-state index in [9.17, 15) is 0 Å². The molecular weight excluding hydrogens is 388 g/mol. The molecule has 4 saturated carbocycles. The maximum absolute atomic E-state index is 5.89. The zero-order valence-corrected chi connectivity index (χ0v) is 18.8. The fourth-order valence-corrected chi connectivity index (χ4v) is 8.07. The van der Waals surface area contributed by atoms with Gasteiger partial charge in [0.1, 0.15) is 5.75 Å². The van der Waals surface area contributed by atoms with Crippen molar-refractivity contribution in [3.63, 3.8) is 0 Å². The predicted octanol–water partition coefficient (Wildman–Crippen LogP) is 8.14. The summed E-state index contributed by atoms with van der Waals surface area (Å²) in [4.78, 5) is 0. The summed E-state index contributed by atoms with van der Waals surface area (Å²) in [5.74, 6) is 3.92. The Morgan fingerprint density at radius 2 is 1.09 bits per heavy atom. The molecule has 1 nitrogen and oxygen atoms in total. The Morgan fingerprint density at radius 1 is 0.625 bits per heavy atom. The van der Waals surface area contributed by atoms with E-state index < -0.39 is 0 Å². The third-order valence-corrected chi connectivity index (χ3v) is 8.91. The molecule has 0 aromatic heterocycles. The number of rotatable bonds is 3. The highest BCUT2D eigenvalue weighted by atomic mass is 16.5. The van der Waals surface area contributed by atoms with Gasteiger partial charge in [-0.3, -0.25) is 0 Å². The van der Waals surface area contributed by atoms with E-state index >= 15 is 0 Å². The van der Waals surface area contributed by atoms with E-state index in [0.29, 0.717) is 5.41 Å². The first-order chi connectivity index (χ1) is 15.7. The maximum Gasteiger partial charge on any atom is 0.134 e. The summed E-state index contributed by atoms with van der Waals surface area (Å²) in [7, 11) is 1.79. The van der Waals surface area contributed by atoms with E-state index in [0.717, 1.165) is 23.5 Å².